The number of aromatic nitrogens is 10. The van der Waals surface area contributed by atoms with Crippen molar-refractivity contribution >= 4 is 44.3 Å². The molecule has 0 radical (unpaired) electrons. The van der Waals surface area contributed by atoms with Gasteiger partial charge in [-0.1, -0.05) is 58.5 Å². The van der Waals surface area contributed by atoms with Gasteiger partial charge in [0.2, 0.25) is 0 Å². The number of nitrogens with zero attached hydrogens (tertiary/aromatic N) is 15. The third-order valence-corrected chi connectivity index (χ3v) is 20.4. The maximum atomic E-state index is 12.6. The molecular weight excluding hydrogens is 1030 g/mol. The Morgan fingerprint density at radius 3 is 1.48 bits per heavy atom. The molecule has 3 aliphatic heterocycles. The second kappa shape index (κ2) is 23.0. The highest BCUT2D eigenvalue weighted by Crippen LogP contribution is 2.44. The molecule has 3 saturated heterocycles. The van der Waals surface area contributed by atoms with E-state index >= 15 is 0 Å². The fourth-order valence-electron chi connectivity index (χ4n) is 11.7. The number of likely N-dealkylation sites (tertiary alicyclic amines) is 3. The predicted octanol–water partition coefficient (Wildman–Crippen LogP) is 10.6. The Balaban J connectivity index is 0.000000195. The standard InChI is InChI=1S/C31H46N8O3Si.C27H39N7OSi/c1-29(2,3)42-28(40)36-14-10-30(4,11-15-36)38-20-31(21-38,9-12-32)39-19-24(18-35-39)26-25-8-13-37(27(25)34-22-33-26)23-41-16-17-43(5,6)7;1-26(9-6-5-7-10-26)33-18-27(19-33,11-12-28)34-17-22(16-31-34)24-23-8-13-32(25(23)30-20-29-24)21-35-14-15-36(2,3)4/h8,13,18-19,22H,9-11,14-17,20-21,23H2,1-7H3;8,13,16-17,20H,5-7,9-11,14-15,18-19,21H2,1-4H3. The molecule has 424 valence electrons. The topological polar surface area (TPSA) is 199 Å². The van der Waals surface area contributed by atoms with Crippen molar-refractivity contribution in [1.29, 1.82) is 10.5 Å². The molecule has 0 unspecified atom stereocenters. The molecule has 4 aliphatic rings. The quantitative estimate of drug-likeness (QED) is 0.0581. The van der Waals surface area contributed by atoms with Gasteiger partial charge in [0.05, 0.1) is 48.8 Å². The third-order valence-electron chi connectivity index (χ3n) is 17.0. The van der Waals surface area contributed by atoms with Crippen molar-refractivity contribution in [2.45, 2.75) is 185 Å². The zero-order chi connectivity index (χ0) is 56.4. The van der Waals surface area contributed by atoms with Crippen LogP contribution in [0.2, 0.25) is 51.4 Å². The van der Waals surface area contributed by atoms with Crippen LogP contribution in [0.5, 0.6) is 0 Å². The van der Waals surface area contributed by atoms with Gasteiger partial charge in [0.15, 0.2) is 0 Å². The summed E-state index contributed by atoms with van der Waals surface area (Å²) in [6.07, 6.45) is 23.8. The lowest BCUT2D eigenvalue weighted by atomic mass is 9.75. The number of nitriles is 2. The van der Waals surface area contributed by atoms with E-state index in [0.29, 0.717) is 39.4 Å². The van der Waals surface area contributed by atoms with Crippen molar-refractivity contribution in [2.24, 2.45) is 0 Å². The van der Waals surface area contributed by atoms with E-state index in [-0.39, 0.29) is 22.7 Å². The first-order valence-electron chi connectivity index (χ1n) is 28.5. The Kier molecular flexibility index (Phi) is 16.8. The van der Waals surface area contributed by atoms with E-state index in [1.807, 2.05) is 81.2 Å². The number of hydrogen-bond acceptors (Lipinski definition) is 14. The van der Waals surface area contributed by atoms with Gasteiger partial charge in [0, 0.05) is 126 Å². The van der Waals surface area contributed by atoms with Gasteiger partial charge < -0.3 is 28.2 Å². The van der Waals surface area contributed by atoms with E-state index in [4.69, 9.17) is 24.4 Å². The maximum absolute atomic E-state index is 12.6. The van der Waals surface area contributed by atoms with Gasteiger partial charge in [-0.25, -0.2) is 24.7 Å². The van der Waals surface area contributed by atoms with Crippen LogP contribution in [-0.2, 0) is 38.8 Å². The molecule has 79 heavy (non-hydrogen) atoms. The number of carbonyl (C=O) groups is 1. The zero-order valence-corrected chi connectivity index (χ0v) is 51.0. The van der Waals surface area contributed by atoms with E-state index in [2.05, 4.69) is 107 Å². The average Bonchev–Trinajstić information content (AvgIpc) is 4.30. The van der Waals surface area contributed by atoms with Crippen molar-refractivity contribution in [3.05, 3.63) is 62.0 Å². The number of fused-ring (bicyclic) bond motifs is 2. The molecule has 6 aromatic heterocycles. The molecule has 21 heteroatoms. The molecule has 0 aromatic carbocycles. The Morgan fingerprint density at radius 1 is 0.646 bits per heavy atom. The van der Waals surface area contributed by atoms with Crippen LogP contribution in [0.25, 0.3) is 44.6 Å². The molecule has 6 aromatic rings. The molecule has 1 amide bonds. The van der Waals surface area contributed by atoms with Crippen LogP contribution in [0, 0.1) is 22.7 Å². The summed E-state index contributed by atoms with van der Waals surface area (Å²) in [7, 11) is -2.26. The minimum atomic E-state index is -1.15. The summed E-state index contributed by atoms with van der Waals surface area (Å²) in [5.41, 5.74) is 4.28. The van der Waals surface area contributed by atoms with Crippen LogP contribution in [0.4, 0.5) is 4.79 Å². The molecule has 0 N–H and O–H groups in total. The first-order valence-corrected chi connectivity index (χ1v) is 35.9. The first-order chi connectivity index (χ1) is 37.4. The summed E-state index contributed by atoms with van der Waals surface area (Å²) >= 11 is 0. The highest BCUT2D eigenvalue weighted by atomic mass is 28.3. The van der Waals surface area contributed by atoms with E-state index in [1.165, 1.54) is 32.1 Å². The number of amides is 1. The highest BCUT2D eigenvalue weighted by molar-refractivity contribution is 6.76. The van der Waals surface area contributed by atoms with Crippen molar-refractivity contribution in [2.75, 3.05) is 52.5 Å². The molecule has 19 nitrogen and oxygen atoms in total. The van der Waals surface area contributed by atoms with Crippen molar-refractivity contribution in [3.8, 4) is 34.7 Å². The summed E-state index contributed by atoms with van der Waals surface area (Å²) < 4.78 is 25.6. The number of ether oxygens (including phenoxy) is 3. The lowest BCUT2D eigenvalue weighted by Crippen LogP contribution is -2.70. The molecule has 0 bridgehead atoms. The van der Waals surface area contributed by atoms with Crippen LogP contribution in [0.3, 0.4) is 0 Å². The Hall–Kier alpha value is -5.82. The smallest absolute Gasteiger partial charge is 0.410 e. The van der Waals surface area contributed by atoms with Gasteiger partial charge in [-0.3, -0.25) is 19.2 Å². The van der Waals surface area contributed by atoms with Gasteiger partial charge in [-0.2, -0.15) is 20.7 Å². The maximum Gasteiger partial charge on any atom is 0.410 e. The second-order valence-corrected chi connectivity index (χ2v) is 38.1. The van der Waals surface area contributed by atoms with Crippen molar-refractivity contribution < 1.29 is 19.0 Å². The summed E-state index contributed by atoms with van der Waals surface area (Å²) in [6.45, 7) is 31.5. The summed E-state index contributed by atoms with van der Waals surface area (Å²) in [5, 5.41) is 30.9. The predicted molar refractivity (Wildman–Crippen MR) is 312 cm³/mol. The van der Waals surface area contributed by atoms with Crippen LogP contribution in [0.1, 0.15) is 92.4 Å². The molecule has 10 rings (SSSR count). The highest BCUT2D eigenvalue weighted by Gasteiger charge is 2.53. The fraction of sp³-hybridized carbons (Fsp3) is 0.638. The van der Waals surface area contributed by atoms with Gasteiger partial charge in [0.25, 0.3) is 0 Å². The van der Waals surface area contributed by atoms with E-state index in [1.54, 1.807) is 12.7 Å². The minimum absolute atomic E-state index is 0.0493. The lowest BCUT2D eigenvalue weighted by molar-refractivity contribution is -0.0883. The van der Waals surface area contributed by atoms with Gasteiger partial charge in [-0.15, -0.1) is 0 Å². The number of hydrogen-bond donors (Lipinski definition) is 0. The molecule has 4 fully saturated rings. The number of piperidine rings is 1. The monoisotopic (exact) mass is 1110 g/mol. The Morgan fingerprint density at radius 2 is 1.08 bits per heavy atom. The van der Waals surface area contributed by atoms with Gasteiger partial charge in [0.1, 0.15) is 54.1 Å². The van der Waals surface area contributed by atoms with Crippen LogP contribution >= 0.6 is 0 Å². The van der Waals surface area contributed by atoms with Gasteiger partial charge in [-0.05, 0) is 84.5 Å². The molecule has 0 atom stereocenters. The lowest BCUT2D eigenvalue weighted by Gasteiger charge is -2.58. The molecule has 9 heterocycles. The van der Waals surface area contributed by atoms with Crippen LogP contribution in [-0.4, -0.2) is 155 Å². The number of rotatable bonds is 18. The Bertz CT molecular complexity index is 3140. The summed E-state index contributed by atoms with van der Waals surface area (Å²) in [4.78, 5) is 37.7. The fourth-order valence-corrected chi connectivity index (χ4v) is 13.2. The molecular formula is C58H85N15O4Si2. The summed E-state index contributed by atoms with van der Waals surface area (Å²) in [6, 6.07) is 11.2. The first kappa shape index (κ1) is 57.9. The van der Waals surface area contributed by atoms with Crippen molar-refractivity contribution in [3.63, 3.8) is 0 Å². The van der Waals surface area contributed by atoms with Crippen LogP contribution < -0.4 is 0 Å². The SMILES string of the molecule is CC(C)(C)OC(=O)N1CCC(C)(N2CC(CC#N)(n3cc(-c4ncnc5c4ccn5COCC[Si](C)(C)C)cn3)C2)CC1.CC1(N2CC(CC#N)(n3cc(-c4ncnc5c4ccn5COCC[Si](C)(C)C)cn3)C2)CCCCC1. The van der Waals surface area contributed by atoms with Crippen LogP contribution in [0.15, 0.2) is 62.0 Å². The average molecular weight is 1110 g/mol. The minimum Gasteiger partial charge on any atom is -0.444 e. The zero-order valence-electron chi connectivity index (χ0n) is 49.0. The Labute approximate surface area is 469 Å². The largest absolute Gasteiger partial charge is 0.444 e. The van der Waals surface area contributed by atoms with E-state index in [0.717, 1.165) is 109 Å². The van der Waals surface area contributed by atoms with Crippen molar-refractivity contribution in [1.82, 2.24) is 63.3 Å². The van der Waals surface area contributed by atoms with Gasteiger partial charge >= 0.3 is 6.09 Å². The van der Waals surface area contributed by atoms with E-state index < -0.39 is 27.3 Å². The number of carbonyl (C=O) groups excluding carboxylic acids is 1. The molecule has 1 saturated carbocycles. The molecule has 0 spiro atoms. The summed E-state index contributed by atoms with van der Waals surface area (Å²) in [5.74, 6) is 0. The normalized spacial score (nSPS) is 19.2. The third kappa shape index (κ3) is 13.0. The van der Waals surface area contributed by atoms with E-state index in [9.17, 15) is 15.3 Å². The second-order valence-electron chi connectivity index (χ2n) is 26.9. The molecule has 1 aliphatic carbocycles.